The topological polar surface area (TPSA) is 57.4 Å². The Balaban J connectivity index is 0.000000165. The van der Waals surface area contributed by atoms with Crippen LogP contribution in [-0.2, 0) is 0 Å². The van der Waals surface area contributed by atoms with Gasteiger partial charge in [-0.15, -0.1) is 18.3 Å². The van der Waals surface area contributed by atoms with E-state index in [0.29, 0.717) is 5.02 Å². The van der Waals surface area contributed by atoms with Gasteiger partial charge in [0.1, 0.15) is 11.6 Å². The molecule has 0 spiro atoms. The maximum absolute atomic E-state index is 6.08. The lowest BCUT2D eigenvalue weighted by Gasteiger charge is -2.01. The normalized spacial score (nSPS) is 9.95. The van der Waals surface area contributed by atoms with Crippen LogP contribution in [-0.4, -0.2) is 19.9 Å². The Hall–Kier alpha value is -3.75. The van der Waals surface area contributed by atoms with Crippen LogP contribution in [0.25, 0.3) is 44.8 Å². The number of aromatic nitrogens is 4. The summed E-state index contributed by atoms with van der Waals surface area (Å²) < 4.78 is 1.13. The molecule has 2 aromatic heterocycles. The molecule has 4 nitrogen and oxygen atoms in total. The Morgan fingerprint density at radius 2 is 1.21 bits per heavy atom. The molecule has 6 rings (SSSR count). The van der Waals surface area contributed by atoms with Gasteiger partial charge in [-0.1, -0.05) is 53.4 Å². The predicted molar refractivity (Wildman–Crippen MR) is 173 cm³/mol. The van der Waals surface area contributed by atoms with Crippen LogP contribution >= 0.6 is 45.8 Å². The minimum atomic E-state index is 0.678. The monoisotopic (exact) mass is 660 g/mol. The lowest BCUT2D eigenvalue weighted by molar-refractivity contribution is 1.33. The van der Waals surface area contributed by atoms with Gasteiger partial charge < -0.3 is 9.97 Å². The molecule has 2 N–H and O–H groups in total. The molecule has 0 saturated carbocycles. The van der Waals surface area contributed by atoms with Crippen molar-refractivity contribution in [3.05, 3.63) is 104 Å². The van der Waals surface area contributed by atoms with Crippen LogP contribution < -0.4 is 0 Å². The third-order valence-electron chi connectivity index (χ3n) is 5.46. The van der Waals surface area contributed by atoms with Gasteiger partial charge in [-0.2, -0.15) is 0 Å². The molecule has 0 saturated heterocycles. The van der Waals surface area contributed by atoms with Gasteiger partial charge in [-0.25, -0.2) is 9.97 Å². The molecule has 4 aromatic carbocycles. The molecule has 0 unspecified atom stereocenters. The van der Waals surface area contributed by atoms with Crippen molar-refractivity contribution < 1.29 is 0 Å². The molecular formula is C32H23Cl2IN4. The van der Waals surface area contributed by atoms with Crippen molar-refractivity contribution in [1.29, 1.82) is 0 Å². The number of H-pyrrole nitrogens is 2. The SMILES string of the molecule is C#CC.CC#Cc1ccc(Cl)cc1-c1nc2ccccc2[nH]1.Clc1ccc(I)c(-c2nc3ccccc3[nH]2)c1. The van der Waals surface area contributed by atoms with E-state index in [1.165, 1.54) is 0 Å². The van der Waals surface area contributed by atoms with E-state index in [4.69, 9.17) is 23.2 Å². The number of nitrogens with zero attached hydrogens (tertiary/aromatic N) is 2. The Labute approximate surface area is 251 Å². The van der Waals surface area contributed by atoms with Gasteiger partial charge in [-0.05, 0) is 97.1 Å². The number of halogens is 3. The van der Waals surface area contributed by atoms with Gasteiger partial charge >= 0.3 is 0 Å². The van der Waals surface area contributed by atoms with Gasteiger partial charge in [0.05, 0.1) is 22.1 Å². The molecule has 0 aliphatic carbocycles. The van der Waals surface area contributed by atoms with Crippen molar-refractivity contribution in [2.45, 2.75) is 13.8 Å². The summed E-state index contributed by atoms with van der Waals surface area (Å²) in [4.78, 5) is 15.8. The van der Waals surface area contributed by atoms with Crippen molar-refractivity contribution in [3.8, 4) is 47.0 Å². The first-order valence-corrected chi connectivity index (χ1v) is 13.7. The number of benzene rings is 4. The molecule has 0 bridgehead atoms. The van der Waals surface area contributed by atoms with E-state index in [1.807, 2.05) is 91.9 Å². The molecule has 2 heterocycles. The Morgan fingerprint density at radius 3 is 1.74 bits per heavy atom. The number of fused-ring (bicyclic) bond motifs is 2. The largest absolute Gasteiger partial charge is 0.338 e. The summed E-state index contributed by atoms with van der Waals surface area (Å²) in [5.41, 5.74) is 6.84. The van der Waals surface area contributed by atoms with Crippen LogP contribution in [0.5, 0.6) is 0 Å². The highest BCUT2D eigenvalue weighted by Crippen LogP contribution is 2.28. The molecule has 7 heteroatoms. The standard InChI is InChI=1S/C16H11ClN2.C13H8ClIN2.C3H4/c1-2-5-11-8-9-12(17)10-13(11)16-18-14-6-3-4-7-15(14)19-16;14-8-5-6-10(15)9(7-8)13-16-11-3-1-2-4-12(11)17-13;1-3-2/h3-4,6-10H,1H3,(H,18,19);1-7H,(H,16,17);1H,2H3. The van der Waals surface area contributed by atoms with Crippen LogP contribution in [0.3, 0.4) is 0 Å². The molecule has 0 aliphatic heterocycles. The molecular weight excluding hydrogens is 638 g/mol. The minimum Gasteiger partial charge on any atom is -0.338 e. The van der Waals surface area contributed by atoms with Crippen LogP contribution in [0.2, 0.25) is 10.0 Å². The first-order valence-electron chi connectivity index (χ1n) is 11.9. The molecule has 0 radical (unpaired) electrons. The minimum absolute atomic E-state index is 0.678. The zero-order valence-electron chi connectivity index (χ0n) is 21.2. The number of terminal acetylenes is 1. The average molecular weight is 661 g/mol. The average Bonchev–Trinajstić information content (AvgIpc) is 3.56. The van der Waals surface area contributed by atoms with E-state index in [2.05, 4.69) is 66.7 Å². The van der Waals surface area contributed by atoms with Gasteiger partial charge in [0, 0.05) is 30.3 Å². The van der Waals surface area contributed by atoms with Crippen molar-refractivity contribution in [2.75, 3.05) is 0 Å². The third kappa shape index (κ3) is 7.02. The quantitative estimate of drug-likeness (QED) is 0.144. The predicted octanol–water partition coefficient (Wildman–Crippen LogP) is 9.38. The highest BCUT2D eigenvalue weighted by atomic mass is 127. The summed E-state index contributed by atoms with van der Waals surface area (Å²) in [6.45, 7) is 3.47. The first kappa shape index (κ1) is 28.3. The van der Waals surface area contributed by atoms with Gasteiger partial charge in [0.2, 0.25) is 0 Å². The zero-order chi connectivity index (χ0) is 27.8. The molecule has 0 aliphatic rings. The fourth-order valence-corrected chi connectivity index (χ4v) is 4.73. The first-order chi connectivity index (χ1) is 18.9. The van der Waals surface area contributed by atoms with Crippen molar-refractivity contribution >= 4 is 67.9 Å². The number of para-hydroxylation sites is 4. The lowest BCUT2D eigenvalue weighted by Crippen LogP contribution is -1.86. The number of nitrogens with one attached hydrogen (secondary N) is 2. The highest BCUT2D eigenvalue weighted by Gasteiger charge is 2.10. The number of hydrogen-bond acceptors (Lipinski definition) is 2. The van der Waals surface area contributed by atoms with Crippen LogP contribution in [0.4, 0.5) is 0 Å². The number of aromatic amines is 2. The summed E-state index contributed by atoms with van der Waals surface area (Å²) in [6, 6.07) is 27.4. The fraction of sp³-hybridized carbons (Fsp3) is 0.0625. The maximum Gasteiger partial charge on any atom is 0.139 e. The Kier molecular flexibility index (Phi) is 9.68. The van der Waals surface area contributed by atoms with E-state index in [9.17, 15) is 0 Å². The van der Waals surface area contributed by atoms with Gasteiger partial charge in [0.25, 0.3) is 0 Å². The fourth-order valence-electron chi connectivity index (χ4n) is 3.80. The third-order valence-corrected chi connectivity index (χ3v) is 6.87. The van der Waals surface area contributed by atoms with E-state index < -0.39 is 0 Å². The molecule has 0 atom stereocenters. The van der Waals surface area contributed by atoms with E-state index >= 15 is 0 Å². The lowest BCUT2D eigenvalue weighted by atomic mass is 10.1. The summed E-state index contributed by atoms with van der Waals surface area (Å²) in [5, 5.41) is 1.40. The number of rotatable bonds is 2. The van der Waals surface area contributed by atoms with E-state index in [0.717, 1.165) is 59.0 Å². The van der Waals surface area contributed by atoms with Crippen molar-refractivity contribution in [3.63, 3.8) is 0 Å². The zero-order valence-corrected chi connectivity index (χ0v) is 24.9. The summed E-state index contributed by atoms with van der Waals surface area (Å²) in [5.74, 6) is 9.89. The number of imidazole rings is 2. The van der Waals surface area contributed by atoms with Crippen LogP contribution in [0, 0.1) is 27.8 Å². The number of hydrogen-bond donors (Lipinski definition) is 2. The Morgan fingerprint density at radius 1 is 0.718 bits per heavy atom. The second kappa shape index (κ2) is 13.4. The summed E-state index contributed by atoms with van der Waals surface area (Å²) in [7, 11) is 0. The smallest absolute Gasteiger partial charge is 0.139 e. The van der Waals surface area contributed by atoms with Crippen LogP contribution in [0.1, 0.15) is 19.4 Å². The maximum atomic E-state index is 6.08. The van der Waals surface area contributed by atoms with E-state index in [1.54, 1.807) is 6.92 Å². The Bertz CT molecular complexity index is 1790. The van der Waals surface area contributed by atoms with Crippen molar-refractivity contribution in [1.82, 2.24) is 19.9 Å². The summed E-state index contributed by atoms with van der Waals surface area (Å²) in [6.07, 6.45) is 4.60. The molecule has 0 amide bonds. The van der Waals surface area contributed by atoms with Gasteiger partial charge in [-0.3, -0.25) is 0 Å². The molecule has 192 valence electrons. The van der Waals surface area contributed by atoms with E-state index in [-0.39, 0.29) is 0 Å². The molecule has 6 aromatic rings. The second-order valence-electron chi connectivity index (χ2n) is 8.18. The van der Waals surface area contributed by atoms with Crippen LogP contribution in [0.15, 0.2) is 84.9 Å². The van der Waals surface area contributed by atoms with Gasteiger partial charge in [0.15, 0.2) is 0 Å². The summed E-state index contributed by atoms with van der Waals surface area (Å²) >= 11 is 14.4. The van der Waals surface area contributed by atoms with Crippen molar-refractivity contribution in [2.24, 2.45) is 0 Å². The molecule has 39 heavy (non-hydrogen) atoms. The highest BCUT2D eigenvalue weighted by molar-refractivity contribution is 14.1. The molecule has 0 fully saturated rings. The second-order valence-corrected chi connectivity index (χ2v) is 10.2.